The molecule has 1 rings (SSSR count). The largest absolute Gasteiger partial charge is 0.415 e. The quantitative estimate of drug-likeness (QED) is 0.611. The first-order valence-electron chi connectivity index (χ1n) is 3.92. The molecule has 1 heterocycles. The van der Waals surface area contributed by atoms with Crippen molar-refractivity contribution < 1.29 is 17.9 Å². The van der Waals surface area contributed by atoms with Crippen LogP contribution in [0.5, 0.6) is 0 Å². The molecule has 0 aromatic heterocycles. The molecule has 1 aliphatic heterocycles. The van der Waals surface area contributed by atoms with E-state index in [0.29, 0.717) is 6.42 Å². The summed E-state index contributed by atoms with van der Waals surface area (Å²) in [6.07, 6.45) is -5.24. The van der Waals surface area contributed by atoms with Crippen molar-refractivity contribution in [1.82, 2.24) is 5.32 Å². The third kappa shape index (κ3) is 2.64. The molecular formula is C7H12F3NO. The molecule has 5 heteroatoms. The van der Waals surface area contributed by atoms with Crippen LogP contribution in [-0.4, -0.2) is 31.5 Å². The molecule has 0 aromatic carbocycles. The Labute approximate surface area is 69.1 Å². The van der Waals surface area contributed by atoms with E-state index in [0.717, 1.165) is 0 Å². The molecule has 2 unspecified atom stereocenters. The molecule has 1 aliphatic rings. The average molecular weight is 183 g/mol. The van der Waals surface area contributed by atoms with Crippen LogP contribution in [0.2, 0.25) is 0 Å². The van der Waals surface area contributed by atoms with Crippen molar-refractivity contribution in [3.8, 4) is 0 Å². The second-order valence-electron chi connectivity index (χ2n) is 3.00. The highest BCUT2D eigenvalue weighted by atomic mass is 19.4. The Morgan fingerprint density at radius 1 is 1.42 bits per heavy atom. The third-order valence-corrected chi connectivity index (χ3v) is 1.89. The predicted molar refractivity (Wildman–Crippen MR) is 37.9 cm³/mol. The fourth-order valence-corrected chi connectivity index (χ4v) is 1.07. The van der Waals surface area contributed by atoms with Crippen LogP contribution in [0.1, 0.15) is 13.3 Å². The zero-order valence-corrected chi connectivity index (χ0v) is 6.82. The molecule has 0 aromatic rings. The van der Waals surface area contributed by atoms with E-state index >= 15 is 0 Å². The van der Waals surface area contributed by atoms with E-state index in [1.807, 2.05) is 6.92 Å². The van der Waals surface area contributed by atoms with Crippen LogP contribution in [-0.2, 0) is 4.74 Å². The Kier molecular flexibility index (Phi) is 2.95. The van der Waals surface area contributed by atoms with Gasteiger partial charge >= 0.3 is 6.18 Å². The zero-order chi connectivity index (χ0) is 9.19. The molecule has 0 spiro atoms. The molecule has 2 nitrogen and oxygen atoms in total. The summed E-state index contributed by atoms with van der Waals surface area (Å²) in [5, 5.41) is 2.76. The Bertz CT molecular complexity index is 148. The molecule has 0 radical (unpaired) electrons. The summed E-state index contributed by atoms with van der Waals surface area (Å²) in [6.45, 7) is 1.89. The van der Waals surface area contributed by atoms with E-state index < -0.39 is 12.3 Å². The van der Waals surface area contributed by atoms with Gasteiger partial charge in [-0.15, -0.1) is 0 Å². The zero-order valence-electron chi connectivity index (χ0n) is 6.82. The second-order valence-corrected chi connectivity index (χ2v) is 3.00. The summed E-state index contributed by atoms with van der Waals surface area (Å²) in [5.41, 5.74) is 0. The molecule has 0 aliphatic carbocycles. The molecule has 72 valence electrons. The minimum Gasteiger partial charge on any atom is -0.367 e. The van der Waals surface area contributed by atoms with E-state index in [4.69, 9.17) is 0 Å². The molecule has 2 atom stereocenters. The smallest absolute Gasteiger partial charge is 0.367 e. The van der Waals surface area contributed by atoms with Crippen molar-refractivity contribution in [2.45, 2.75) is 31.7 Å². The van der Waals surface area contributed by atoms with Crippen molar-refractivity contribution in [3.63, 3.8) is 0 Å². The van der Waals surface area contributed by atoms with Gasteiger partial charge in [0.15, 0.2) is 6.10 Å². The minimum absolute atomic E-state index is 0.109. The Morgan fingerprint density at radius 3 is 2.67 bits per heavy atom. The van der Waals surface area contributed by atoms with Crippen LogP contribution in [0.3, 0.4) is 0 Å². The maximum Gasteiger partial charge on any atom is 0.415 e. The van der Waals surface area contributed by atoms with Crippen LogP contribution >= 0.6 is 0 Å². The first-order valence-corrected chi connectivity index (χ1v) is 3.92. The van der Waals surface area contributed by atoms with Gasteiger partial charge in [-0.25, -0.2) is 0 Å². The van der Waals surface area contributed by atoms with E-state index in [-0.39, 0.29) is 19.2 Å². The van der Waals surface area contributed by atoms with Crippen LogP contribution in [0.25, 0.3) is 0 Å². The number of halogens is 3. The lowest BCUT2D eigenvalue weighted by atomic mass is 10.2. The second kappa shape index (κ2) is 3.62. The summed E-state index contributed by atoms with van der Waals surface area (Å²) in [5.74, 6) is 0. The fourth-order valence-electron chi connectivity index (χ4n) is 1.07. The lowest BCUT2D eigenvalue weighted by molar-refractivity contribution is -0.215. The van der Waals surface area contributed by atoms with Crippen molar-refractivity contribution in [2.24, 2.45) is 0 Å². The first kappa shape index (κ1) is 9.80. The average Bonchev–Trinajstić information content (AvgIpc) is 2.11. The molecule has 1 fully saturated rings. The van der Waals surface area contributed by atoms with E-state index in [2.05, 4.69) is 10.1 Å². The Balaban J connectivity index is 2.46. The van der Waals surface area contributed by atoms with Crippen molar-refractivity contribution >= 4 is 0 Å². The molecular weight excluding hydrogens is 171 g/mol. The van der Waals surface area contributed by atoms with Crippen molar-refractivity contribution in [2.75, 3.05) is 13.2 Å². The topological polar surface area (TPSA) is 21.3 Å². The summed E-state index contributed by atoms with van der Waals surface area (Å²) in [7, 11) is 0. The maximum absolute atomic E-state index is 12.1. The van der Waals surface area contributed by atoms with Gasteiger partial charge in [0.1, 0.15) is 0 Å². The number of hydrogen-bond donors (Lipinski definition) is 1. The molecule has 0 amide bonds. The number of alkyl halides is 3. The summed E-state index contributed by atoms with van der Waals surface area (Å²) in [6, 6.07) is 0.109. The molecule has 0 bridgehead atoms. The lowest BCUT2D eigenvalue weighted by Gasteiger charge is -2.18. The summed E-state index contributed by atoms with van der Waals surface area (Å²) in [4.78, 5) is 0. The van der Waals surface area contributed by atoms with Crippen LogP contribution < -0.4 is 5.32 Å². The minimum atomic E-state index is -4.24. The van der Waals surface area contributed by atoms with Crippen LogP contribution in [0.4, 0.5) is 13.2 Å². The van der Waals surface area contributed by atoms with Gasteiger partial charge in [-0.2, -0.15) is 13.2 Å². The van der Waals surface area contributed by atoms with E-state index in [9.17, 15) is 13.2 Å². The van der Waals surface area contributed by atoms with Gasteiger partial charge in [0.2, 0.25) is 0 Å². The van der Waals surface area contributed by atoms with Gasteiger partial charge in [0.25, 0.3) is 0 Å². The monoisotopic (exact) mass is 183 g/mol. The van der Waals surface area contributed by atoms with Gasteiger partial charge < -0.3 is 10.1 Å². The summed E-state index contributed by atoms with van der Waals surface area (Å²) < 4.78 is 40.9. The Hall–Kier alpha value is -0.290. The van der Waals surface area contributed by atoms with E-state index in [1.54, 1.807) is 0 Å². The van der Waals surface area contributed by atoms with Crippen molar-refractivity contribution in [1.29, 1.82) is 0 Å². The number of ether oxygens (including phenoxy) is 1. The van der Waals surface area contributed by atoms with Gasteiger partial charge in [0, 0.05) is 19.2 Å². The highest BCUT2D eigenvalue weighted by Crippen LogP contribution is 2.23. The standard InChI is InChI=1S/C7H12F3NO/c1-5-2-3-12-6(4-11-5)7(8,9)10/h5-6,11H,2-4H2,1H3. The van der Waals surface area contributed by atoms with Gasteiger partial charge in [-0.1, -0.05) is 0 Å². The van der Waals surface area contributed by atoms with Crippen molar-refractivity contribution in [3.05, 3.63) is 0 Å². The molecule has 1 N–H and O–H groups in total. The van der Waals surface area contributed by atoms with E-state index in [1.165, 1.54) is 0 Å². The molecule has 1 saturated heterocycles. The van der Waals surface area contributed by atoms with Gasteiger partial charge in [-0.05, 0) is 13.3 Å². The SMILES string of the molecule is CC1CCOC(C(F)(F)F)CN1. The van der Waals surface area contributed by atoms with Gasteiger partial charge in [-0.3, -0.25) is 0 Å². The maximum atomic E-state index is 12.1. The van der Waals surface area contributed by atoms with Crippen LogP contribution in [0.15, 0.2) is 0 Å². The van der Waals surface area contributed by atoms with Gasteiger partial charge in [0.05, 0.1) is 0 Å². The summed E-state index contributed by atoms with van der Waals surface area (Å²) >= 11 is 0. The number of rotatable bonds is 0. The first-order chi connectivity index (χ1) is 5.50. The third-order valence-electron chi connectivity index (χ3n) is 1.89. The number of nitrogens with one attached hydrogen (secondary N) is 1. The van der Waals surface area contributed by atoms with Crippen LogP contribution in [0, 0.1) is 0 Å². The highest BCUT2D eigenvalue weighted by molar-refractivity contribution is 4.76. The Morgan fingerprint density at radius 2 is 2.08 bits per heavy atom. The fraction of sp³-hybridized carbons (Fsp3) is 1.00. The molecule has 12 heavy (non-hydrogen) atoms. The normalized spacial score (nSPS) is 33.0. The lowest BCUT2D eigenvalue weighted by Crippen LogP contribution is -2.40. The highest BCUT2D eigenvalue weighted by Gasteiger charge is 2.41. The predicted octanol–water partition coefficient (Wildman–Crippen LogP) is 1.32. The number of hydrogen-bond acceptors (Lipinski definition) is 2. The molecule has 0 saturated carbocycles.